The Kier molecular flexibility index (Phi) is 6.05. The van der Waals surface area contributed by atoms with Crippen LogP contribution in [0.4, 0.5) is 0 Å². The first-order valence-corrected chi connectivity index (χ1v) is 9.59. The summed E-state index contributed by atoms with van der Waals surface area (Å²) < 4.78 is 4.46. The normalized spacial score (nSPS) is 12.9. The van der Waals surface area contributed by atoms with E-state index in [1.807, 2.05) is 18.3 Å². The van der Waals surface area contributed by atoms with Gasteiger partial charge in [0, 0.05) is 23.9 Å². The minimum atomic E-state index is 0.322. The topological polar surface area (TPSA) is 29.9 Å². The fraction of sp³-hybridized carbons (Fsp3) is 0.533. The zero-order valence-corrected chi connectivity index (χ0v) is 16.8. The number of hydrogen-bond donors (Lipinski definition) is 1. The van der Waals surface area contributed by atoms with E-state index in [1.54, 1.807) is 0 Å². The lowest BCUT2D eigenvalue weighted by Crippen LogP contribution is -2.23. The molecule has 1 atom stereocenters. The zero-order chi connectivity index (χ0) is 15.6. The van der Waals surface area contributed by atoms with Crippen molar-refractivity contribution in [3.8, 4) is 0 Å². The van der Waals surface area contributed by atoms with Crippen LogP contribution in [0.3, 0.4) is 0 Å². The first kappa shape index (κ1) is 17.2. The van der Waals surface area contributed by atoms with Crippen molar-refractivity contribution in [2.75, 3.05) is 6.54 Å². The van der Waals surface area contributed by atoms with E-state index in [9.17, 15) is 0 Å². The predicted molar refractivity (Wildman–Crippen MR) is 97.2 cm³/mol. The van der Waals surface area contributed by atoms with Crippen LogP contribution in [-0.2, 0) is 13.0 Å². The van der Waals surface area contributed by atoms with E-state index >= 15 is 0 Å². The van der Waals surface area contributed by atoms with Gasteiger partial charge < -0.3 is 5.32 Å². The molecule has 21 heavy (non-hydrogen) atoms. The molecule has 116 valence electrons. The maximum absolute atomic E-state index is 4.59. The number of rotatable bonds is 6. The lowest BCUT2D eigenvalue weighted by Gasteiger charge is -2.17. The molecule has 0 aliphatic heterocycles. The first-order valence-electron chi connectivity index (χ1n) is 7.18. The number of likely N-dealkylation sites (N-methyl/N-ethyl adjacent to an activating group) is 1. The van der Waals surface area contributed by atoms with Crippen LogP contribution in [0.25, 0.3) is 0 Å². The monoisotopic (exact) mass is 433 g/mol. The molecule has 0 radical (unpaired) electrons. The van der Waals surface area contributed by atoms with Crippen LogP contribution in [0.5, 0.6) is 0 Å². The lowest BCUT2D eigenvalue weighted by molar-refractivity contribution is 0.521. The Morgan fingerprint density at radius 1 is 1.33 bits per heavy atom. The van der Waals surface area contributed by atoms with Gasteiger partial charge in [-0.3, -0.25) is 4.68 Å². The van der Waals surface area contributed by atoms with Crippen molar-refractivity contribution in [3.63, 3.8) is 0 Å². The summed E-state index contributed by atoms with van der Waals surface area (Å²) in [5.41, 5.74) is 3.63. The quantitative estimate of drug-likeness (QED) is 0.693. The van der Waals surface area contributed by atoms with Crippen molar-refractivity contribution in [3.05, 3.63) is 36.2 Å². The summed E-state index contributed by atoms with van der Waals surface area (Å²) in [5.74, 6) is 0. The van der Waals surface area contributed by atoms with Gasteiger partial charge in [0.1, 0.15) is 0 Å². The molecular formula is C15H21Br2N3S. The molecule has 0 aromatic carbocycles. The Hall–Kier alpha value is -0.170. The van der Waals surface area contributed by atoms with Crippen LogP contribution < -0.4 is 5.32 Å². The molecule has 2 aromatic heterocycles. The summed E-state index contributed by atoms with van der Waals surface area (Å²) in [6.45, 7) is 10.3. The van der Waals surface area contributed by atoms with E-state index in [4.69, 9.17) is 0 Å². The van der Waals surface area contributed by atoms with Crippen molar-refractivity contribution in [1.29, 1.82) is 0 Å². The maximum Gasteiger partial charge on any atom is 0.0738 e. The minimum absolute atomic E-state index is 0.322. The van der Waals surface area contributed by atoms with Crippen molar-refractivity contribution in [2.45, 2.75) is 46.7 Å². The number of hydrogen-bond acceptors (Lipinski definition) is 3. The predicted octanol–water partition coefficient (Wildman–Crippen LogP) is 5.00. The summed E-state index contributed by atoms with van der Waals surface area (Å²) >= 11 is 9.15. The second-order valence-corrected chi connectivity index (χ2v) is 8.28. The largest absolute Gasteiger partial charge is 0.309 e. The molecule has 0 fully saturated rings. The van der Waals surface area contributed by atoms with E-state index in [1.165, 1.54) is 19.9 Å². The molecule has 0 aliphatic carbocycles. The molecule has 0 spiro atoms. The second-order valence-electron chi connectivity index (χ2n) is 5.08. The van der Waals surface area contributed by atoms with Gasteiger partial charge in [-0.15, -0.1) is 11.3 Å². The molecule has 0 saturated carbocycles. The number of nitrogens with one attached hydrogen (secondary N) is 1. The molecule has 1 unspecified atom stereocenters. The van der Waals surface area contributed by atoms with E-state index in [-0.39, 0.29) is 0 Å². The average Bonchev–Trinajstić information content (AvgIpc) is 2.92. The van der Waals surface area contributed by atoms with Crippen molar-refractivity contribution in [1.82, 2.24) is 15.1 Å². The standard InChI is InChI=1S/C15H21Br2N3S/c1-5-18-11(13-7-9(3)15(17)21-13)8-12-14(16)10(4)19-20(12)6-2/h7,11,18H,5-6,8H2,1-4H3. The second kappa shape index (κ2) is 7.40. The highest BCUT2D eigenvalue weighted by Gasteiger charge is 2.20. The third kappa shape index (κ3) is 3.78. The number of aryl methyl sites for hydroxylation is 3. The van der Waals surface area contributed by atoms with Gasteiger partial charge in [0.15, 0.2) is 0 Å². The van der Waals surface area contributed by atoms with Gasteiger partial charge >= 0.3 is 0 Å². The van der Waals surface area contributed by atoms with Gasteiger partial charge in [-0.1, -0.05) is 6.92 Å². The number of nitrogens with zero attached hydrogens (tertiary/aromatic N) is 2. The fourth-order valence-corrected chi connectivity index (χ4v) is 4.52. The Morgan fingerprint density at radius 3 is 2.57 bits per heavy atom. The molecular weight excluding hydrogens is 414 g/mol. The molecule has 0 bridgehead atoms. The highest BCUT2D eigenvalue weighted by Crippen LogP contribution is 2.34. The summed E-state index contributed by atoms with van der Waals surface area (Å²) in [6, 6.07) is 2.60. The molecule has 0 saturated heterocycles. The Morgan fingerprint density at radius 2 is 2.05 bits per heavy atom. The van der Waals surface area contributed by atoms with Crippen LogP contribution in [-0.4, -0.2) is 16.3 Å². The average molecular weight is 435 g/mol. The summed E-state index contributed by atoms with van der Waals surface area (Å²) in [4.78, 5) is 1.37. The van der Waals surface area contributed by atoms with Crippen LogP contribution in [0.2, 0.25) is 0 Å². The van der Waals surface area contributed by atoms with Gasteiger partial charge in [0.05, 0.1) is 19.6 Å². The Balaban J connectivity index is 2.32. The SMILES string of the molecule is CCNC(Cc1c(Br)c(C)nn1CC)c1cc(C)c(Br)s1. The van der Waals surface area contributed by atoms with Crippen molar-refractivity contribution >= 4 is 43.2 Å². The molecule has 2 rings (SSSR count). The number of thiophene rings is 1. The number of aromatic nitrogens is 2. The van der Waals surface area contributed by atoms with Crippen molar-refractivity contribution in [2.24, 2.45) is 0 Å². The van der Waals surface area contributed by atoms with E-state index in [2.05, 4.69) is 73.8 Å². The summed E-state index contributed by atoms with van der Waals surface area (Å²) in [6.07, 6.45) is 0.940. The van der Waals surface area contributed by atoms with E-state index in [0.29, 0.717) is 6.04 Å². The smallest absolute Gasteiger partial charge is 0.0738 e. The van der Waals surface area contributed by atoms with Crippen LogP contribution in [0.15, 0.2) is 14.3 Å². The molecule has 1 N–H and O–H groups in total. The van der Waals surface area contributed by atoms with E-state index in [0.717, 1.165) is 29.7 Å². The zero-order valence-electron chi connectivity index (χ0n) is 12.8. The fourth-order valence-electron chi connectivity index (χ4n) is 2.43. The molecule has 0 amide bonds. The van der Waals surface area contributed by atoms with E-state index < -0.39 is 0 Å². The molecule has 3 nitrogen and oxygen atoms in total. The van der Waals surface area contributed by atoms with Gasteiger partial charge in [-0.05, 0) is 70.8 Å². The van der Waals surface area contributed by atoms with Gasteiger partial charge in [-0.25, -0.2) is 0 Å². The van der Waals surface area contributed by atoms with Gasteiger partial charge in [-0.2, -0.15) is 5.10 Å². The summed E-state index contributed by atoms with van der Waals surface area (Å²) in [5, 5.41) is 8.20. The molecule has 6 heteroatoms. The molecule has 0 aliphatic rings. The highest BCUT2D eigenvalue weighted by atomic mass is 79.9. The van der Waals surface area contributed by atoms with Gasteiger partial charge in [0.25, 0.3) is 0 Å². The Bertz CT molecular complexity index is 599. The summed E-state index contributed by atoms with van der Waals surface area (Å²) in [7, 11) is 0. The third-order valence-corrected chi connectivity index (χ3v) is 6.80. The van der Waals surface area contributed by atoms with Crippen LogP contribution >= 0.6 is 43.2 Å². The molecule has 2 aromatic rings. The highest BCUT2D eigenvalue weighted by molar-refractivity contribution is 9.11. The number of halogens is 2. The molecule has 2 heterocycles. The lowest BCUT2D eigenvalue weighted by atomic mass is 10.1. The van der Waals surface area contributed by atoms with Crippen LogP contribution in [0.1, 0.15) is 41.7 Å². The minimum Gasteiger partial charge on any atom is -0.309 e. The first-order chi connectivity index (χ1) is 9.97. The maximum atomic E-state index is 4.59. The van der Waals surface area contributed by atoms with Gasteiger partial charge in [0.2, 0.25) is 0 Å². The third-order valence-electron chi connectivity index (χ3n) is 3.52. The van der Waals surface area contributed by atoms with Crippen LogP contribution in [0, 0.1) is 13.8 Å². The Labute approximate surface area is 147 Å². The van der Waals surface area contributed by atoms with Crippen molar-refractivity contribution < 1.29 is 0 Å².